The Morgan fingerprint density at radius 3 is 2.58 bits per heavy atom. The minimum absolute atomic E-state index is 0.239. The number of benzene rings is 2. The van der Waals surface area contributed by atoms with E-state index in [-0.39, 0.29) is 5.82 Å². The molecular weight excluding hydrogens is 325 g/mol. The Balaban J connectivity index is 1.14. The number of halogens is 1. The van der Waals surface area contributed by atoms with Crippen molar-refractivity contribution in [1.82, 2.24) is 4.90 Å². The van der Waals surface area contributed by atoms with Crippen LogP contribution < -0.4 is 4.74 Å². The van der Waals surface area contributed by atoms with Crippen LogP contribution in [-0.2, 0) is 0 Å². The number of likely N-dealkylation sites (tertiary alicyclic amines) is 1. The summed E-state index contributed by atoms with van der Waals surface area (Å²) in [6.07, 6.45) is 5.38. The van der Waals surface area contributed by atoms with Crippen molar-refractivity contribution in [3.8, 4) is 5.75 Å². The molecule has 138 valence electrons. The van der Waals surface area contributed by atoms with Gasteiger partial charge in [0.2, 0.25) is 0 Å². The van der Waals surface area contributed by atoms with Crippen LogP contribution in [0.1, 0.15) is 37.2 Å². The predicted molar refractivity (Wildman–Crippen MR) is 103 cm³/mol. The number of rotatable bonds is 7. The Labute approximate surface area is 156 Å². The molecule has 1 heterocycles. The second-order valence-electron chi connectivity index (χ2n) is 7.84. The third-order valence-corrected chi connectivity index (χ3v) is 5.97. The van der Waals surface area contributed by atoms with Gasteiger partial charge in [-0.15, -0.1) is 0 Å². The van der Waals surface area contributed by atoms with Gasteiger partial charge in [0.05, 0.1) is 0 Å². The topological polar surface area (TPSA) is 12.5 Å². The number of nitrogens with zero attached hydrogens (tertiary/aromatic N) is 1. The maximum Gasteiger partial charge on any atom is 0.126 e. The standard InChI is InChI=1S/C23H28FNO/c24-21-7-4-8-22(17-21)26-14-13-25-11-9-18(10-12-25)15-20-16-23(20)19-5-2-1-3-6-19/h1-8,17-18,20,23H,9-16H2/t20-,23+/m1/s1. The molecular formula is C23H28FNO. The van der Waals surface area contributed by atoms with E-state index >= 15 is 0 Å². The van der Waals surface area contributed by atoms with Crippen molar-refractivity contribution in [2.24, 2.45) is 11.8 Å². The van der Waals surface area contributed by atoms with Crippen molar-refractivity contribution in [2.75, 3.05) is 26.2 Å². The molecule has 26 heavy (non-hydrogen) atoms. The molecule has 2 aromatic carbocycles. The van der Waals surface area contributed by atoms with Crippen LogP contribution in [0, 0.1) is 17.7 Å². The summed E-state index contributed by atoms with van der Waals surface area (Å²) in [6.45, 7) is 3.89. The van der Waals surface area contributed by atoms with Gasteiger partial charge in [0.1, 0.15) is 18.2 Å². The molecule has 1 aliphatic carbocycles. The Morgan fingerprint density at radius 2 is 1.81 bits per heavy atom. The normalized spacial score (nSPS) is 23.7. The molecule has 0 unspecified atom stereocenters. The second kappa shape index (κ2) is 8.22. The molecule has 0 radical (unpaired) electrons. The van der Waals surface area contributed by atoms with E-state index in [4.69, 9.17) is 4.74 Å². The first-order valence-electron chi connectivity index (χ1n) is 9.93. The van der Waals surface area contributed by atoms with Crippen LogP contribution in [0.4, 0.5) is 4.39 Å². The second-order valence-corrected chi connectivity index (χ2v) is 7.84. The number of hydrogen-bond acceptors (Lipinski definition) is 2. The molecule has 1 saturated carbocycles. The number of ether oxygens (including phenoxy) is 1. The lowest BCUT2D eigenvalue weighted by Crippen LogP contribution is -2.36. The van der Waals surface area contributed by atoms with Crippen LogP contribution in [0.25, 0.3) is 0 Å². The summed E-state index contributed by atoms with van der Waals surface area (Å²) < 4.78 is 18.8. The zero-order valence-electron chi connectivity index (χ0n) is 15.3. The fourth-order valence-corrected chi connectivity index (χ4v) is 4.34. The summed E-state index contributed by atoms with van der Waals surface area (Å²) in [6, 6.07) is 17.4. The maximum atomic E-state index is 13.1. The molecule has 2 fully saturated rings. The molecule has 0 spiro atoms. The van der Waals surface area contributed by atoms with E-state index in [9.17, 15) is 4.39 Å². The molecule has 1 saturated heterocycles. The van der Waals surface area contributed by atoms with Crippen molar-refractivity contribution in [3.63, 3.8) is 0 Å². The Morgan fingerprint density at radius 1 is 1.00 bits per heavy atom. The Bertz CT molecular complexity index is 696. The van der Waals surface area contributed by atoms with E-state index in [1.165, 1.54) is 56.5 Å². The van der Waals surface area contributed by atoms with E-state index in [0.29, 0.717) is 12.4 Å². The highest BCUT2D eigenvalue weighted by Gasteiger charge is 2.39. The monoisotopic (exact) mass is 353 g/mol. The average Bonchev–Trinajstić information content (AvgIpc) is 3.43. The summed E-state index contributed by atoms with van der Waals surface area (Å²) in [5.41, 5.74) is 1.53. The van der Waals surface area contributed by atoms with E-state index in [2.05, 4.69) is 35.2 Å². The first kappa shape index (κ1) is 17.5. The lowest BCUT2D eigenvalue weighted by Gasteiger charge is -2.32. The van der Waals surface area contributed by atoms with Crippen LogP contribution in [0.15, 0.2) is 54.6 Å². The molecule has 0 bridgehead atoms. The molecule has 2 aliphatic rings. The largest absolute Gasteiger partial charge is 0.492 e. The van der Waals surface area contributed by atoms with Crippen molar-refractivity contribution in [2.45, 2.75) is 31.6 Å². The van der Waals surface area contributed by atoms with Crippen molar-refractivity contribution < 1.29 is 9.13 Å². The van der Waals surface area contributed by atoms with E-state index < -0.39 is 0 Å². The summed E-state index contributed by atoms with van der Waals surface area (Å²) in [4.78, 5) is 2.48. The van der Waals surface area contributed by atoms with E-state index in [1.54, 1.807) is 6.07 Å². The van der Waals surface area contributed by atoms with Crippen LogP contribution in [0.2, 0.25) is 0 Å². The molecule has 0 N–H and O–H groups in total. The van der Waals surface area contributed by atoms with Gasteiger partial charge in [-0.05, 0) is 74.2 Å². The van der Waals surface area contributed by atoms with E-state index in [0.717, 1.165) is 24.3 Å². The van der Waals surface area contributed by atoms with Crippen molar-refractivity contribution >= 4 is 0 Å². The Hall–Kier alpha value is -1.87. The lowest BCUT2D eigenvalue weighted by molar-refractivity contribution is 0.149. The van der Waals surface area contributed by atoms with Crippen LogP contribution in [0.5, 0.6) is 5.75 Å². The molecule has 2 atom stereocenters. The summed E-state index contributed by atoms with van der Waals surface area (Å²) in [7, 11) is 0. The lowest BCUT2D eigenvalue weighted by atomic mass is 9.90. The zero-order valence-corrected chi connectivity index (χ0v) is 15.3. The van der Waals surface area contributed by atoms with Gasteiger partial charge < -0.3 is 4.74 Å². The van der Waals surface area contributed by atoms with Gasteiger partial charge in [-0.1, -0.05) is 36.4 Å². The number of piperidine rings is 1. The highest BCUT2D eigenvalue weighted by molar-refractivity contribution is 5.25. The van der Waals surface area contributed by atoms with Gasteiger partial charge in [-0.2, -0.15) is 0 Å². The third-order valence-electron chi connectivity index (χ3n) is 5.97. The van der Waals surface area contributed by atoms with Crippen LogP contribution in [0.3, 0.4) is 0 Å². The third kappa shape index (κ3) is 4.64. The highest BCUT2D eigenvalue weighted by Crippen LogP contribution is 2.51. The fourth-order valence-electron chi connectivity index (χ4n) is 4.34. The molecule has 0 amide bonds. The first-order chi connectivity index (χ1) is 12.8. The summed E-state index contributed by atoms with van der Waals surface area (Å²) in [5, 5.41) is 0. The minimum Gasteiger partial charge on any atom is -0.492 e. The molecule has 2 aromatic rings. The van der Waals surface area contributed by atoms with Gasteiger partial charge in [-0.25, -0.2) is 4.39 Å². The summed E-state index contributed by atoms with van der Waals surface area (Å²) >= 11 is 0. The smallest absolute Gasteiger partial charge is 0.126 e. The fraction of sp³-hybridized carbons (Fsp3) is 0.478. The average molecular weight is 353 g/mol. The van der Waals surface area contributed by atoms with Crippen molar-refractivity contribution in [1.29, 1.82) is 0 Å². The first-order valence-corrected chi connectivity index (χ1v) is 9.93. The minimum atomic E-state index is -0.239. The van der Waals surface area contributed by atoms with Gasteiger partial charge >= 0.3 is 0 Å². The quantitative estimate of drug-likeness (QED) is 0.686. The van der Waals surface area contributed by atoms with Gasteiger partial charge in [-0.3, -0.25) is 4.90 Å². The number of hydrogen-bond donors (Lipinski definition) is 0. The van der Waals surface area contributed by atoms with Gasteiger partial charge in [0, 0.05) is 12.6 Å². The maximum absolute atomic E-state index is 13.1. The van der Waals surface area contributed by atoms with Gasteiger partial charge in [0.15, 0.2) is 0 Å². The van der Waals surface area contributed by atoms with Gasteiger partial charge in [0.25, 0.3) is 0 Å². The van der Waals surface area contributed by atoms with Crippen molar-refractivity contribution in [3.05, 3.63) is 66.0 Å². The molecule has 3 heteroatoms. The zero-order chi connectivity index (χ0) is 17.8. The molecule has 0 aromatic heterocycles. The summed E-state index contributed by atoms with van der Waals surface area (Å²) in [5.74, 6) is 2.99. The highest BCUT2D eigenvalue weighted by atomic mass is 19.1. The van der Waals surface area contributed by atoms with Crippen LogP contribution >= 0.6 is 0 Å². The molecule has 2 nitrogen and oxygen atoms in total. The predicted octanol–water partition coefficient (Wildman–Crippen LogP) is 5.11. The SMILES string of the molecule is Fc1cccc(OCCN2CCC(C[C@@H]3C[C@H]3c3ccccc3)CC2)c1. The molecule has 1 aliphatic heterocycles. The molecule has 4 rings (SSSR count). The van der Waals surface area contributed by atoms with E-state index in [1.807, 2.05) is 6.07 Å². The van der Waals surface area contributed by atoms with Crippen LogP contribution in [-0.4, -0.2) is 31.1 Å². The Kier molecular flexibility index (Phi) is 5.54.